The summed E-state index contributed by atoms with van der Waals surface area (Å²) in [6.45, 7) is 4.40. The molecule has 0 N–H and O–H groups in total. The highest BCUT2D eigenvalue weighted by Crippen LogP contribution is 2.32. The van der Waals surface area contributed by atoms with Crippen LogP contribution in [0.25, 0.3) is 10.9 Å². The summed E-state index contributed by atoms with van der Waals surface area (Å²) in [4.78, 5) is 13.2. The molecule has 7 heteroatoms. The van der Waals surface area contributed by atoms with Crippen molar-refractivity contribution in [2.45, 2.75) is 30.2 Å². The van der Waals surface area contributed by atoms with Crippen LogP contribution in [0.3, 0.4) is 0 Å². The molecule has 0 aliphatic heterocycles. The first-order valence-electron chi connectivity index (χ1n) is 10.4. The van der Waals surface area contributed by atoms with E-state index < -0.39 is 15.3 Å². The zero-order valence-electron chi connectivity index (χ0n) is 19.0. The van der Waals surface area contributed by atoms with Crippen LogP contribution in [-0.4, -0.2) is 27.2 Å². The maximum absolute atomic E-state index is 13.5. The van der Waals surface area contributed by atoms with Gasteiger partial charge in [0.05, 0.1) is 30.0 Å². The highest BCUT2D eigenvalue weighted by Gasteiger charge is 2.25. The molecule has 0 saturated carbocycles. The van der Waals surface area contributed by atoms with Crippen molar-refractivity contribution in [2.24, 2.45) is 0 Å². The van der Waals surface area contributed by atoms with E-state index in [2.05, 4.69) is 6.07 Å². The second kappa shape index (κ2) is 8.75. The number of hydrogen-bond acceptors (Lipinski definition) is 5. The van der Waals surface area contributed by atoms with Crippen LogP contribution in [0.1, 0.15) is 16.7 Å². The minimum atomic E-state index is -4.03. The number of hydrogen-bond donors (Lipinski definition) is 0. The zero-order chi connectivity index (χ0) is 23.8. The summed E-state index contributed by atoms with van der Waals surface area (Å²) in [5, 5.41) is 0.245. The molecule has 1 heterocycles. The Morgan fingerprint density at radius 1 is 0.879 bits per heavy atom. The van der Waals surface area contributed by atoms with Crippen LogP contribution in [0.15, 0.2) is 81.4 Å². The molecule has 170 valence electrons. The molecule has 0 unspecified atom stereocenters. The molecule has 0 amide bonds. The second-order valence-corrected chi connectivity index (χ2v) is 9.84. The van der Waals surface area contributed by atoms with Gasteiger partial charge in [-0.15, -0.1) is 0 Å². The topological polar surface area (TPSA) is 74.6 Å². The van der Waals surface area contributed by atoms with E-state index in [1.165, 1.54) is 32.5 Å². The van der Waals surface area contributed by atoms with E-state index in [0.29, 0.717) is 23.6 Å². The fraction of sp³-hybridized carbons (Fsp3) is 0.192. The van der Waals surface area contributed by atoms with Crippen molar-refractivity contribution < 1.29 is 17.9 Å². The highest BCUT2D eigenvalue weighted by atomic mass is 32.2. The summed E-state index contributed by atoms with van der Waals surface area (Å²) >= 11 is 0. The number of methoxy groups -OCH3 is 2. The normalized spacial score (nSPS) is 11.5. The third-order valence-electron chi connectivity index (χ3n) is 5.74. The van der Waals surface area contributed by atoms with Gasteiger partial charge in [-0.3, -0.25) is 4.79 Å². The molecule has 0 saturated heterocycles. The van der Waals surface area contributed by atoms with Crippen LogP contribution in [0.4, 0.5) is 0 Å². The Bertz CT molecular complexity index is 1510. The number of benzene rings is 3. The quantitative estimate of drug-likeness (QED) is 0.420. The van der Waals surface area contributed by atoms with E-state index >= 15 is 0 Å². The Labute approximate surface area is 192 Å². The van der Waals surface area contributed by atoms with Gasteiger partial charge in [-0.1, -0.05) is 42.0 Å². The van der Waals surface area contributed by atoms with Crippen molar-refractivity contribution in [3.63, 3.8) is 0 Å². The van der Waals surface area contributed by atoms with Gasteiger partial charge in [-0.05, 0) is 43.2 Å². The van der Waals surface area contributed by atoms with Gasteiger partial charge in [0.2, 0.25) is 15.3 Å². The van der Waals surface area contributed by atoms with Crippen molar-refractivity contribution in [1.82, 2.24) is 4.57 Å². The van der Waals surface area contributed by atoms with Crippen LogP contribution in [0, 0.1) is 13.8 Å². The molecule has 0 fully saturated rings. The molecule has 0 aliphatic carbocycles. The van der Waals surface area contributed by atoms with Gasteiger partial charge in [-0.25, -0.2) is 8.42 Å². The number of nitrogens with zero attached hydrogens (tertiary/aromatic N) is 1. The fourth-order valence-electron chi connectivity index (χ4n) is 3.89. The third-order valence-corrected chi connectivity index (χ3v) is 7.50. The Kier molecular flexibility index (Phi) is 5.99. The standard InChI is InChI=1S/C26H25NO5S/c1-17-10-11-18(2)19(12-17)15-27-16-25(33(29,30)20-8-6-5-7-9-20)26(28)21-13-23(31-3)24(32-4)14-22(21)27/h5-14,16H,15H2,1-4H3. The molecule has 0 bridgehead atoms. The Morgan fingerprint density at radius 2 is 1.55 bits per heavy atom. The molecule has 0 radical (unpaired) electrons. The lowest BCUT2D eigenvalue weighted by molar-refractivity contribution is 0.355. The van der Waals surface area contributed by atoms with E-state index in [-0.39, 0.29) is 15.2 Å². The Hall–Kier alpha value is -3.58. The van der Waals surface area contributed by atoms with Gasteiger partial charge < -0.3 is 14.0 Å². The average molecular weight is 464 g/mol. The highest BCUT2D eigenvalue weighted by molar-refractivity contribution is 7.91. The molecule has 4 rings (SSSR count). The molecule has 0 atom stereocenters. The number of ether oxygens (including phenoxy) is 2. The number of pyridine rings is 1. The van der Waals surface area contributed by atoms with Crippen molar-refractivity contribution in [1.29, 1.82) is 0 Å². The van der Waals surface area contributed by atoms with Crippen LogP contribution in [0.2, 0.25) is 0 Å². The van der Waals surface area contributed by atoms with E-state index in [1.807, 2.05) is 26.0 Å². The van der Waals surface area contributed by atoms with E-state index in [0.717, 1.165) is 16.7 Å². The lowest BCUT2D eigenvalue weighted by Gasteiger charge is -2.17. The molecule has 0 spiro atoms. The van der Waals surface area contributed by atoms with Crippen LogP contribution < -0.4 is 14.9 Å². The van der Waals surface area contributed by atoms with Gasteiger partial charge in [-0.2, -0.15) is 0 Å². The molecular formula is C26H25NO5S. The Morgan fingerprint density at radius 3 is 2.21 bits per heavy atom. The summed E-state index contributed by atoms with van der Waals surface area (Å²) in [5.41, 5.74) is 3.17. The minimum absolute atomic E-state index is 0.0696. The van der Waals surface area contributed by atoms with E-state index in [1.54, 1.807) is 34.9 Å². The minimum Gasteiger partial charge on any atom is -0.493 e. The molecule has 3 aromatic carbocycles. The van der Waals surface area contributed by atoms with Crippen LogP contribution >= 0.6 is 0 Å². The first-order chi connectivity index (χ1) is 15.8. The molecular weight excluding hydrogens is 438 g/mol. The molecule has 6 nitrogen and oxygen atoms in total. The number of sulfone groups is 1. The Balaban J connectivity index is 2.05. The SMILES string of the molecule is COc1cc2c(=O)c(S(=O)(=O)c3ccccc3)cn(Cc3cc(C)ccc3C)c2cc1OC. The number of aromatic nitrogens is 1. The summed E-state index contributed by atoms with van der Waals surface area (Å²) in [7, 11) is -1.04. The number of fused-ring (bicyclic) bond motifs is 1. The number of aryl methyl sites for hydroxylation is 2. The average Bonchev–Trinajstić information content (AvgIpc) is 2.82. The maximum atomic E-state index is 13.5. The van der Waals surface area contributed by atoms with Crippen LogP contribution in [-0.2, 0) is 16.4 Å². The van der Waals surface area contributed by atoms with E-state index in [4.69, 9.17) is 9.47 Å². The first kappa shape index (κ1) is 22.6. The van der Waals surface area contributed by atoms with Crippen LogP contribution in [0.5, 0.6) is 11.5 Å². The summed E-state index contributed by atoms with van der Waals surface area (Å²) in [5.74, 6) is 0.812. The van der Waals surface area contributed by atoms with Crippen molar-refractivity contribution >= 4 is 20.7 Å². The summed E-state index contributed by atoms with van der Waals surface area (Å²) in [6, 6.07) is 17.3. The maximum Gasteiger partial charge on any atom is 0.211 e. The molecule has 33 heavy (non-hydrogen) atoms. The monoisotopic (exact) mass is 463 g/mol. The largest absolute Gasteiger partial charge is 0.493 e. The summed E-state index contributed by atoms with van der Waals surface area (Å²) in [6.07, 6.45) is 1.43. The predicted octanol–water partition coefficient (Wildman–Crippen LogP) is 4.52. The third kappa shape index (κ3) is 4.12. The van der Waals surface area contributed by atoms with Gasteiger partial charge in [0.1, 0.15) is 4.90 Å². The van der Waals surface area contributed by atoms with Gasteiger partial charge in [0, 0.05) is 18.8 Å². The van der Waals surface area contributed by atoms with Gasteiger partial charge in [0.15, 0.2) is 11.5 Å². The summed E-state index contributed by atoms with van der Waals surface area (Å²) < 4.78 is 39.5. The zero-order valence-corrected chi connectivity index (χ0v) is 19.8. The van der Waals surface area contributed by atoms with E-state index in [9.17, 15) is 13.2 Å². The van der Waals surface area contributed by atoms with Crippen molar-refractivity contribution in [3.8, 4) is 11.5 Å². The van der Waals surface area contributed by atoms with Crippen molar-refractivity contribution in [2.75, 3.05) is 14.2 Å². The van der Waals surface area contributed by atoms with Crippen molar-refractivity contribution in [3.05, 3.63) is 93.8 Å². The second-order valence-electron chi connectivity index (χ2n) is 7.92. The fourth-order valence-corrected chi connectivity index (χ4v) is 5.28. The van der Waals surface area contributed by atoms with Gasteiger partial charge in [0.25, 0.3) is 0 Å². The molecule has 4 aromatic rings. The molecule has 1 aromatic heterocycles. The lowest BCUT2D eigenvalue weighted by atomic mass is 10.1. The van der Waals surface area contributed by atoms with Gasteiger partial charge >= 0.3 is 0 Å². The lowest BCUT2D eigenvalue weighted by Crippen LogP contribution is -2.20. The first-order valence-corrected chi connectivity index (χ1v) is 11.9. The predicted molar refractivity (Wildman–Crippen MR) is 128 cm³/mol. The smallest absolute Gasteiger partial charge is 0.211 e. The molecule has 0 aliphatic rings. The number of rotatable bonds is 6.